The standard InChI is InChI=1S/C18H19Cl2NO3/c19-11-8-9-13(14(20)10-11)15-16(22)18(24)21(17(15)23)12-6-4-2-1-3-5-7-12/h8-10,12,22H,1-7H2. The van der Waals surface area contributed by atoms with Crippen molar-refractivity contribution in [2.45, 2.75) is 51.0 Å². The Morgan fingerprint density at radius 2 is 1.58 bits per heavy atom. The van der Waals surface area contributed by atoms with Crippen LogP contribution in [0.3, 0.4) is 0 Å². The molecule has 0 aromatic heterocycles. The van der Waals surface area contributed by atoms with Crippen molar-refractivity contribution in [2.75, 3.05) is 0 Å². The quantitative estimate of drug-likeness (QED) is 0.767. The fourth-order valence-corrected chi connectivity index (χ4v) is 4.00. The summed E-state index contributed by atoms with van der Waals surface area (Å²) in [7, 11) is 0. The lowest BCUT2D eigenvalue weighted by atomic mass is 9.95. The number of aliphatic hydroxyl groups excluding tert-OH is 1. The molecule has 1 aliphatic carbocycles. The molecule has 1 saturated carbocycles. The predicted octanol–water partition coefficient (Wildman–Crippen LogP) is 4.74. The fourth-order valence-electron chi connectivity index (χ4n) is 3.49. The number of halogens is 2. The van der Waals surface area contributed by atoms with Crippen LogP contribution >= 0.6 is 23.2 Å². The van der Waals surface area contributed by atoms with Crippen molar-refractivity contribution in [3.05, 3.63) is 39.6 Å². The molecule has 1 fully saturated rings. The monoisotopic (exact) mass is 367 g/mol. The number of rotatable bonds is 2. The average Bonchev–Trinajstić information content (AvgIpc) is 2.71. The van der Waals surface area contributed by atoms with Gasteiger partial charge in [0.2, 0.25) is 0 Å². The summed E-state index contributed by atoms with van der Waals surface area (Å²) < 4.78 is 0. The molecule has 1 aromatic rings. The van der Waals surface area contributed by atoms with Crippen molar-refractivity contribution in [3.8, 4) is 0 Å². The van der Waals surface area contributed by atoms with Crippen LogP contribution in [0.2, 0.25) is 10.0 Å². The molecule has 24 heavy (non-hydrogen) atoms. The normalized spacial score (nSPS) is 20.5. The number of carbonyl (C=O) groups excluding carboxylic acids is 2. The summed E-state index contributed by atoms with van der Waals surface area (Å²) in [4.78, 5) is 26.6. The van der Waals surface area contributed by atoms with Crippen LogP contribution in [0.1, 0.15) is 50.5 Å². The first-order chi connectivity index (χ1) is 11.5. The maximum absolute atomic E-state index is 12.9. The Balaban J connectivity index is 1.92. The zero-order valence-electron chi connectivity index (χ0n) is 13.2. The number of carbonyl (C=O) groups is 2. The zero-order chi connectivity index (χ0) is 17.3. The summed E-state index contributed by atoms with van der Waals surface area (Å²) in [6.07, 6.45) is 6.96. The first-order valence-electron chi connectivity index (χ1n) is 8.27. The Labute approximate surface area is 151 Å². The Hall–Kier alpha value is -1.52. The fraction of sp³-hybridized carbons (Fsp3) is 0.444. The maximum Gasteiger partial charge on any atom is 0.296 e. The van der Waals surface area contributed by atoms with Crippen LogP contribution in [0.25, 0.3) is 5.57 Å². The van der Waals surface area contributed by atoms with Gasteiger partial charge in [0.1, 0.15) is 0 Å². The van der Waals surface area contributed by atoms with Gasteiger partial charge in [0.05, 0.1) is 10.6 Å². The van der Waals surface area contributed by atoms with Crippen LogP contribution in [-0.4, -0.2) is 27.9 Å². The minimum atomic E-state index is -0.619. The summed E-state index contributed by atoms with van der Waals surface area (Å²) in [5.41, 5.74) is 0.314. The highest BCUT2D eigenvalue weighted by Gasteiger charge is 2.43. The third-order valence-corrected chi connectivity index (χ3v) is 5.28. The maximum atomic E-state index is 12.9. The van der Waals surface area contributed by atoms with E-state index in [9.17, 15) is 14.7 Å². The smallest absolute Gasteiger partial charge is 0.296 e. The van der Waals surface area contributed by atoms with Crippen molar-refractivity contribution in [1.82, 2.24) is 4.90 Å². The van der Waals surface area contributed by atoms with E-state index in [2.05, 4.69) is 0 Å². The van der Waals surface area contributed by atoms with Gasteiger partial charge < -0.3 is 5.11 Å². The molecule has 0 bridgehead atoms. The molecule has 6 heteroatoms. The van der Waals surface area contributed by atoms with Gasteiger partial charge in [0, 0.05) is 16.6 Å². The van der Waals surface area contributed by atoms with Gasteiger partial charge in [0.15, 0.2) is 5.76 Å². The van der Waals surface area contributed by atoms with E-state index < -0.39 is 17.6 Å². The van der Waals surface area contributed by atoms with Crippen molar-refractivity contribution < 1.29 is 14.7 Å². The molecule has 0 spiro atoms. The lowest BCUT2D eigenvalue weighted by molar-refractivity contribution is -0.141. The van der Waals surface area contributed by atoms with Gasteiger partial charge in [-0.05, 0) is 25.0 Å². The molecule has 1 aromatic carbocycles. The molecule has 2 amide bonds. The molecule has 0 atom stereocenters. The number of aliphatic hydroxyl groups is 1. The van der Waals surface area contributed by atoms with Gasteiger partial charge in [-0.25, -0.2) is 0 Å². The van der Waals surface area contributed by atoms with Crippen molar-refractivity contribution in [2.24, 2.45) is 0 Å². The lowest BCUT2D eigenvalue weighted by Crippen LogP contribution is -2.41. The number of benzene rings is 1. The van der Waals surface area contributed by atoms with Crippen LogP contribution in [-0.2, 0) is 9.59 Å². The largest absolute Gasteiger partial charge is 0.502 e. The highest BCUT2D eigenvalue weighted by atomic mass is 35.5. The molecule has 1 N–H and O–H groups in total. The molecule has 128 valence electrons. The van der Waals surface area contributed by atoms with E-state index >= 15 is 0 Å². The molecule has 3 rings (SSSR count). The SMILES string of the molecule is O=C1C(O)=C(c2ccc(Cl)cc2Cl)C(=O)N1C1CCCCCCC1. The number of imide groups is 1. The minimum absolute atomic E-state index is 0.0243. The molecule has 0 radical (unpaired) electrons. The van der Waals surface area contributed by atoms with E-state index in [4.69, 9.17) is 23.2 Å². The van der Waals surface area contributed by atoms with Gasteiger partial charge >= 0.3 is 0 Å². The summed E-state index contributed by atoms with van der Waals surface area (Å²) >= 11 is 12.0. The number of hydrogen-bond acceptors (Lipinski definition) is 3. The number of amides is 2. The first-order valence-corrected chi connectivity index (χ1v) is 9.03. The van der Waals surface area contributed by atoms with Crippen LogP contribution in [0.15, 0.2) is 24.0 Å². The van der Waals surface area contributed by atoms with Gasteiger partial charge in [-0.2, -0.15) is 0 Å². The van der Waals surface area contributed by atoms with E-state index in [1.807, 2.05) is 0 Å². The van der Waals surface area contributed by atoms with Crippen LogP contribution in [0.5, 0.6) is 0 Å². The minimum Gasteiger partial charge on any atom is -0.502 e. The van der Waals surface area contributed by atoms with Crippen molar-refractivity contribution in [1.29, 1.82) is 0 Å². The molecule has 1 heterocycles. The van der Waals surface area contributed by atoms with Crippen molar-refractivity contribution in [3.63, 3.8) is 0 Å². The Morgan fingerprint density at radius 1 is 0.958 bits per heavy atom. The summed E-state index contributed by atoms with van der Waals surface area (Å²) in [5.74, 6) is -1.61. The molecule has 4 nitrogen and oxygen atoms in total. The molecule has 0 unspecified atom stereocenters. The van der Waals surface area contributed by atoms with E-state index in [0.717, 1.165) is 38.5 Å². The second-order valence-corrected chi connectivity index (χ2v) is 7.17. The molecule has 1 aliphatic heterocycles. The van der Waals surface area contributed by atoms with E-state index in [1.165, 1.54) is 17.4 Å². The number of nitrogens with zero attached hydrogens (tertiary/aromatic N) is 1. The molecular weight excluding hydrogens is 349 g/mol. The third kappa shape index (κ3) is 3.17. The summed E-state index contributed by atoms with van der Waals surface area (Å²) in [6.45, 7) is 0. The number of hydrogen-bond donors (Lipinski definition) is 1. The second kappa shape index (κ2) is 7.16. The Bertz CT molecular complexity index is 706. The predicted molar refractivity (Wildman–Crippen MR) is 94.0 cm³/mol. The first kappa shape index (κ1) is 17.3. The highest BCUT2D eigenvalue weighted by molar-refractivity contribution is 6.41. The van der Waals surface area contributed by atoms with Gasteiger partial charge in [-0.3, -0.25) is 14.5 Å². The van der Waals surface area contributed by atoms with Crippen molar-refractivity contribution >= 4 is 40.6 Å². The summed E-state index contributed by atoms with van der Waals surface area (Å²) in [5, 5.41) is 10.9. The van der Waals surface area contributed by atoms with Crippen LogP contribution in [0.4, 0.5) is 0 Å². The van der Waals surface area contributed by atoms with Gasteiger partial charge in [0.25, 0.3) is 11.8 Å². The zero-order valence-corrected chi connectivity index (χ0v) is 14.7. The van der Waals surface area contributed by atoms with Crippen LogP contribution in [0, 0.1) is 0 Å². The molecule has 0 saturated heterocycles. The molecule has 2 aliphatic rings. The van der Waals surface area contributed by atoms with E-state index in [0.29, 0.717) is 10.6 Å². The van der Waals surface area contributed by atoms with Gasteiger partial charge in [-0.15, -0.1) is 0 Å². The lowest BCUT2D eigenvalue weighted by Gasteiger charge is -2.28. The Kier molecular flexibility index (Phi) is 5.16. The summed E-state index contributed by atoms with van der Waals surface area (Å²) in [6, 6.07) is 4.48. The van der Waals surface area contributed by atoms with E-state index in [-0.39, 0.29) is 16.6 Å². The van der Waals surface area contributed by atoms with E-state index in [1.54, 1.807) is 12.1 Å². The topological polar surface area (TPSA) is 57.6 Å². The molecular formula is C18H19Cl2NO3. The van der Waals surface area contributed by atoms with Gasteiger partial charge in [-0.1, -0.05) is 61.4 Å². The second-order valence-electron chi connectivity index (χ2n) is 6.33. The van der Waals surface area contributed by atoms with Crippen LogP contribution < -0.4 is 0 Å². The highest BCUT2D eigenvalue weighted by Crippen LogP contribution is 2.36. The third-order valence-electron chi connectivity index (χ3n) is 4.73. The Morgan fingerprint density at radius 3 is 2.21 bits per heavy atom. The average molecular weight is 368 g/mol.